The van der Waals surface area contributed by atoms with Crippen LogP contribution in [0.5, 0.6) is 0 Å². The summed E-state index contributed by atoms with van der Waals surface area (Å²) in [7, 11) is 0. The molecule has 0 radical (unpaired) electrons. The van der Waals surface area contributed by atoms with Crippen LogP contribution in [0.3, 0.4) is 0 Å². The second-order valence-electron chi connectivity index (χ2n) is 13.0. The Morgan fingerprint density at radius 3 is 2.50 bits per heavy atom. The van der Waals surface area contributed by atoms with Crippen LogP contribution in [0.4, 0.5) is 0 Å². The minimum Gasteiger partial charge on any atom is -0.481 e. The fourth-order valence-corrected chi connectivity index (χ4v) is 9.69. The lowest BCUT2D eigenvalue weighted by Gasteiger charge is -2.61. The highest BCUT2D eigenvalue weighted by Crippen LogP contribution is 2.68. The zero-order valence-corrected chi connectivity index (χ0v) is 21.7. The first-order valence-electron chi connectivity index (χ1n) is 14.2. The zero-order chi connectivity index (χ0) is 23.9. The molecule has 0 aromatic heterocycles. The molecule has 0 unspecified atom stereocenters. The second-order valence-corrected chi connectivity index (χ2v) is 13.0. The van der Waals surface area contributed by atoms with Crippen molar-refractivity contribution in [2.75, 3.05) is 0 Å². The molecule has 1 aromatic rings. The van der Waals surface area contributed by atoms with E-state index in [1.54, 1.807) is 0 Å². The number of carboxylic acids is 1. The van der Waals surface area contributed by atoms with Crippen molar-refractivity contribution >= 4 is 5.97 Å². The topological polar surface area (TPSA) is 46.5 Å². The third-order valence-corrected chi connectivity index (χ3v) is 11.5. The summed E-state index contributed by atoms with van der Waals surface area (Å²) in [6.45, 7) is 8.32. The maximum Gasteiger partial charge on any atom is 0.303 e. The Morgan fingerprint density at radius 2 is 1.74 bits per heavy atom. The minimum absolute atomic E-state index is 0.331. The first-order chi connectivity index (χ1) is 16.3. The Bertz CT molecular complexity index is 851. The van der Waals surface area contributed by atoms with Crippen molar-refractivity contribution in [2.24, 2.45) is 46.3 Å². The Morgan fingerprint density at radius 1 is 1.00 bits per heavy atom. The lowest BCUT2D eigenvalue weighted by Crippen LogP contribution is -2.54. The summed E-state index contributed by atoms with van der Waals surface area (Å²) in [5.74, 6) is 4.06. The Labute approximate surface area is 207 Å². The summed E-state index contributed by atoms with van der Waals surface area (Å²) in [6.07, 6.45) is 13.7. The number of benzene rings is 1. The van der Waals surface area contributed by atoms with Crippen LogP contribution in [0.2, 0.25) is 0 Å². The number of fused-ring (bicyclic) bond motifs is 5. The third-order valence-electron chi connectivity index (χ3n) is 11.5. The van der Waals surface area contributed by atoms with E-state index in [4.69, 9.17) is 4.74 Å². The highest BCUT2D eigenvalue weighted by Gasteiger charge is 2.60. The van der Waals surface area contributed by atoms with Crippen LogP contribution >= 0.6 is 0 Å². The molecular formula is C31H46O3. The number of rotatable bonds is 7. The molecule has 1 aromatic carbocycles. The monoisotopic (exact) mass is 466 g/mol. The van der Waals surface area contributed by atoms with Crippen LogP contribution in [0.1, 0.15) is 97.0 Å². The van der Waals surface area contributed by atoms with E-state index in [-0.39, 0.29) is 0 Å². The van der Waals surface area contributed by atoms with Crippen molar-refractivity contribution in [1.29, 1.82) is 0 Å². The third kappa shape index (κ3) is 4.36. The fraction of sp³-hybridized carbons (Fsp3) is 0.774. The second kappa shape index (κ2) is 9.60. The minimum atomic E-state index is -0.634. The number of ether oxygens (including phenoxy) is 1. The molecule has 9 atom stereocenters. The highest BCUT2D eigenvalue weighted by molar-refractivity contribution is 5.66. The maximum atomic E-state index is 11.2. The molecule has 0 saturated heterocycles. The van der Waals surface area contributed by atoms with Gasteiger partial charge in [-0.2, -0.15) is 0 Å². The normalized spacial score (nSPS) is 42.3. The SMILES string of the molecule is C[C@H](CCC(=O)O)[C@H]1CC[C@H]2[C@@H]3CC[C@@H]4C[C@H](OCc5ccccc5)CC[C@]4(C)[C@H]3CC[C@]12C. The number of carboxylic acid groups (broad SMARTS) is 1. The van der Waals surface area contributed by atoms with Crippen molar-refractivity contribution < 1.29 is 14.6 Å². The molecule has 5 rings (SSSR count). The van der Waals surface area contributed by atoms with E-state index in [0.717, 1.165) is 36.7 Å². The average Bonchev–Trinajstić information content (AvgIpc) is 3.19. The molecule has 0 spiro atoms. The molecule has 3 heteroatoms. The van der Waals surface area contributed by atoms with Gasteiger partial charge >= 0.3 is 5.97 Å². The van der Waals surface area contributed by atoms with Crippen molar-refractivity contribution in [1.82, 2.24) is 0 Å². The van der Waals surface area contributed by atoms with Crippen LogP contribution in [0.25, 0.3) is 0 Å². The molecule has 34 heavy (non-hydrogen) atoms. The van der Waals surface area contributed by atoms with Crippen molar-refractivity contribution in [3.63, 3.8) is 0 Å². The number of carbonyl (C=O) groups is 1. The number of hydrogen-bond acceptors (Lipinski definition) is 2. The van der Waals surface area contributed by atoms with E-state index in [1.165, 1.54) is 63.4 Å². The molecule has 3 nitrogen and oxygen atoms in total. The summed E-state index contributed by atoms with van der Waals surface area (Å²) in [5, 5.41) is 9.20. The van der Waals surface area contributed by atoms with Crippen LogP contribution in [0.15, 0.2) is 30.3 Å². The van der Waals surface area contributed by atoms with Crippen molar-refractivity contribution in [3.8, 4) is 0 Å². The van der Waals surface area contributed by atoms with Gasteiger partial charge in [-0.3, -0.25) is 4.79 Å². The lowest BCUT2D eigenvalue weighted by molar-refractivity contribution is -0.140. The highest BCUT2D eigenvalue weighted by atomic mass is 16.5. The van der Waals surface area contributed by atoms with Gasteiger partial charge in [0.2, 0.25) is 0 Å². The van der Waals surface area contributed by atoms with Crippen LogP contribution in [-0.2, 0) is 16.1 Å². The van der Waals surface area contributed by atoms with Crippen molar-refractivity contribution in [2.45, 2.75) is 104 Å². The van der Waals surface area contributed by atoms with Crippen LogP contribution < -0.4 is 0 Å². The zero-order valence-electron chi connectivity index (χ0n) is 21.7. The van der Waals surface area contributed by atoms with Gasteiger partial charge < -0.3 is 9.84 Å². The van der Waals surface area contributed by atoms with Gasteiger partial charge in [-0.15, -0.1) is 0 Å². The van der Waals surface area contributed by atoms with E-state index in [2.05, 4.69) is 51.1 Å². The van der Waals surface area contributed by atoms with E-state index < -0.39 is 5.97 Å². The maximum absolute atomic E-state index is 11.2. The average molecular weight is 467 g/mol. The van der Waals surface area contributed by atoms with Crippen LogP contribution in [0, 0.1) is 46.3 Å². The number of hydrogen-bond donors (Lipinski definition) is 1. The molecule has 4 fully saturated rings. The van der Waals surface area contributed by atoms with E-state index in [9.17, 15) is 9.90 Å². The lowest BCUT2D eigenvalue weighted by atomic mass is 9.44. The van der Waals surface area contributed by atoms with Gasteiger partial charge in [0.15, 0.2) is 0 Å². The van der Waals surface area contributed by atoms with Gasteiger partial charge in [0.05, 0.1) is 12.7 Å². The molecule has 0 amide bonds. The Kier molecular flexibility index (Phi) is 6.88. The van der Waals surface area contributed by atoms with Gasteiger partial charge in [0.1, 0.15) is 0 Å². The predicted octanol–water partition coefficient (Wildman–Crippen LogP) is 7.73. The Balaban J connectivity index is 1.23. The molecule has 4 aliphatic carbocycles. The molecule has 4 saturated carbocycles. The van der Waals surface area contributed by atoms with Gasteiger partial charge in [-0.05, 0) is 116 Å². The summed E-state index contributed by atoms with van der Waals surface area (Å²) in [5.41, 5.74) is 2.21. The van der Waals surface area contributed by atoms with Gasteiger partial charge in [-0.25, -0.2) is 0 Å². The molecule has 0 aliphatic heterocycles. The summed E-state index contributed by atoms with van der Waals surface area (Å²) < 4.78 is 6.42. The smallest absolute Gasteiger partial charge is 0.303 e. The first-order valence-corrected chi connectivity index (χ1v) is 14.2. The van der Waals surface area contributed by atoms with E-state index in [1.807, 2.05) is 0 Å². The molecule has 0 heterocycles. The largest absolute Gasteiger partial charge is 0.481 e. The predicted molar refractivity (Wildman–Crippen MR) is 136 cm³/mol. The summed E-state index contributed by atoms with van der Waals surface area (Å²) in [6, 6.07) is 10.6. The summed E-state index contributed by atoms with van der Waals surface area (Å²) in [4.78, 5) is 11.2. The molecule has 4 aliphatic rings. The van der Waals surface area contributed by atoms with Gasteiger partial charge in [0.25, 0.3) is 0 Å². The molecule has 188 valence electrons. The fourth-order valence-electron chi connectivity index (χ4n) is 9.69. The Hall–Kier alpha value is -1.35. The molecular weight excluding hydrogens is 420 g/mol. The quantitative estimate of drug-likeness (QED) is 0.447. The first kappa shape index (κ1) is 24.3. The van der Waals surface area contributed by atoms with E-state index in [0.29, 0.717) is 35.2 Å². The van der Waals surface area contributed by atoms with Gasteiger partial charge in [0, 0.05) is 6.42 Å². The number of aliphatic carboxylic acids is 1. The van der Waals surface area contributed by atoms with Gasteiger partial charge in [-0.1, -0.05) is 51.1 Å². The standard InChI is InChI=1S/C31H46O3/c1-21(9-14-29(32)33)26-12-13-27-25-11-10-23-19-24(34-20-22-7-5-4-6-8-22)15-17-30(23,2)28(25)16-18-31(26,27)3/h4-8,21,23-28H,9-20H2,1-3H3,(H,32,33)/t21-,23-,24-,25+,26-,27+,28+,30+,31-/m1/s1. The van der Waals surface area contributed by atoms with Crippen LogP contribution in [-0.4, -0.2) is 17.2 Å². The summed E-state index contributed by atoms with van der Waals surface area (Å²) >= 11 is 0. The molecule has 1 N–H and O–H groups in total. The molecule has 0 bridgehead atoms. The van der Waals surface area contributed by atoms with Crippen molar-refractivity contribution in [3.05, 3.63) is 35.9 Å². The van der Waals surface area contributed by atoms with E-state index >= 15 is 0 Å².